The second-order valence-electron chi connectivity index (χ2n) is 5.71. The molecule has 0 radical (unpaired) electrons. The smallest absolute Gasteiger partial charge is 0.223 e. The van der Waals surface area contributed by atoms with E-state index < -0.39 is 17.5 Å². The van der Waals surface area contributed by atoms with Gasteiger partial charge in [0.1, 0.15) is 17.5 Å². The molecule has 0 unspecified atom stereocenters. The molecule has 2 amide bonds. The van der Waals surface area contributed by atoms with Gasteiger partial charge < -0.3 is 10.2 Å². The standard InChI is InChI=1S/C19H19F3N2O2/c1-13(25)24(18-7-6-15(20)12-17(18)22)11-9-19(26)23-10-8-14-4-2-3-5-16(14)21/h2-7,12H,8-11H2,1H3,(H,23,26). The Morgan fingerprint density at radius 3 is 2.42 bits per heavy atom. The average molecular weight is 364 g/mol. The molecule has 138 valence electrons. The third-order valence-corrected chi connectivity index (χ3v) is 3.82. The summed E-state index contributed by atoms with van der Waals surface area (Å²) >= 11 is 0. The summed E-state index contributed by atoms with van der Waals surface area (Å²) in [5, 5.41) is 2.63. The van der Waals surface area contributed by atoms with Crippen molar-refractivity contribution in [2.75, 3.05) is 18.0 Å². The van der Waals surface area contributed by atoms with Crippen molar-refractivity contribution in [1.29, 1.82) is 0 Å². The minimum atomic E-state index is -0.875. The highest BCUT2D eigenvalue weighted by molar-refractivity contribution is 5.92. The Morgan fingerprint density at radius 2 is 1.77 bits per heavy atom. The monoisotopic (exact) mass is 364 g/mol. The van der Waals surface area contributed by atoms with Gasteiger partial charge in [-0.25, -0.2) is 13.2 Å². The maximum Gasteiger partial charge on any atom is 0.223 e. The van der Waals surface area contributed by atoms with Crippen LogP contribution in [0, 0.1) is 17.5 Å². The summed E-state index contributed by atoms with van der Waals surface area (Å²) in [5.74, 6) is -2.78. The van der Waals surface area contributed by atoms with Crippen LogP contribution in [0.4, 0.5) is 18.9 Å². The Balaban J connectivity index is 1.87. The van der Waals surface area contributed by atoms with Gasteiger partial charge in [0.25, 0.3) is 0 Å². The molecule has 0 aliphatic carbocycles. The molecule has 0 fully saturated rings. The largest absolute Gasteiger partial charge is 0.356 e. The number of hydrogen-bond donors (Lipinski definition) is 1. The van der Waals surface area contributed by atoms with Crippen molar-refractivity contribution in [2.45, 2.75) is 19.8 Å². The minimum Gasteiger partial charge on any atom is -0.356 e. The number of benzene rings is 2. The zero-order chi connectivity index (χ0) is 19.1. The summed E-state index contributed by atoms with van der Waals surface area (Å²) in [5.41, 5.74) is 0.407. The lowest BCUT2D eigenvalue weighted by Crippen LogP contribution is -2.35. The minimum absolute atomic E-state index is 0.0522. The number of halogens is 3. The van der Waals surface area contributed by atoms with Gasteiger partial charge >= 0.3 is 0 Å². The molecule has 0 aliphatic heterocycles. The van der Waals surface area contributed by atoms with Gasteiger partial charge in [-0.3, -0.25) is 9.59 Å². The Kier molecular flexibility index (Phi) is 6.77. The number of carbonyl (C=O) groups is 2. The lowest BCUT2D eigenvalue weighted by molar-refractivity contribution is -0.121. The van der Waals surface area contributed by atoms with Crippen molar-refractivity contribution in [3.05, 3.63) is 65.5 Å². The molecule has 0 heterocycles. The van der Waals surface area contributed by atoms with Crippen LogP contribution in [0.2, 0.25) is 0 Å². The molecule has 1 N–H and O–H groups in total. The van der Waals surface area contributed by atoms with Crippen molar-refractivity contribution in [2.24, 2.45) is 0 Å². The van der Waals surface area contributed by atoms with Crippen molar-refractivity contribution >= 4 is 17.5 Å². The summed E-state index contributed by atoms with van der Waals surface area (Å²) in [6.07, 6.45) is 0.273. The fraction of sp³-hybridized carbons (Fsp3) is 0.263. The van der Waals surface area contributed by atoms with Crippen molar-refractivity contribution in [3.63, 3.8) is 0 Å². The number of amides is 2. The first-order valence-corrected chi connectivity index (χ1v) is 8.11. The van der Waals surface area contributed by atoms with E-state index >= 15 is 0 Å². The lowest BCUT2D eigenvalue weighted by atomic mass is 10.1. The van der Waals surface area contributed by atoms with Crippen LogP contribution in [0.5, 0.6) is 0 Å². The molecule has 0 saturated heterocycles. The van der Waals surface area contributed by atoms with E-state index in [1.54, 1.807) is 18.2 Å². The Morgan fingerprint density at radius 1 is 1.04 bits per heavy atom. The molecular weight excluding hydrogens is 345 g/mol. The molecule has 2 aromatic rings. The summed E-state index contributed by atoms with van der Waals surface area (Å²) in [7, 11) is 0. The molecule has 2 aromatic carbocycles. The van der Waals surface area contributed by atoms with E-state index in [-0.39, 0.29) is 36.9 Å². The quantitative estimate of drug-likeness (QED) is 0.820. The predicted octanol–water partition coefficient (Wildman–Crippen LogP) is 3.21. The number of rotatable bonds is 7. The van der Waals surface area contributed by atoms with Gasteiger partial charge in [0.2, 0.25) is 11.8 Å². The number of nitrogens with one attached hydrogen (secondary N) is 1. The molecule has 26 heavy (non-hydrogen) atoms. The van der Waals surface area contributed by atoms with Crippen LogP contribution >= 0.6 is 0 Å². The molecule has 0 aliphatic rings. The van der Waals surface area contributed by atoms with Gasteiger partial charge in [0.15, 0.2) is 0 Å². The molecule has 0 atom stereocenters. The van der Waals surface area contributed by atoms with Gasteiger partial charge in [-0.15, -0.1) is 0 Å². The van der Waals surface area contributed by atoms with Crippen molar-refractivity contribution in [3.8, 4) is 0 Å². The van der Waals surface area contributed by atoms with Gasteiger partial charge in [-0.05, 0) is 30.2 Å². The third-order valence-electron chi connectivity index (χ3n) is 3.82. The van der Waals surface area contributed by atoms with E-state index in [0.717, 1.165) is 17.0 Å². The predicted molar refractivity (Wildman–Crippen MR) is 92.1 cm³/mol. The number of carbonyl (C=O) groups excluding carboxylic acids is 2. The third kappa shape index (κ3) is 5.34. The zero-order valence-electron chi connectivity index (χ0n) is 14.3. The highest BCUT2D eigenvalue weighted by Gasteiger charge is 2.17. The van der Waals surface area contributed by atoms with E-state index in [4.69, 9.17) is 0 Å². The SMILES string of the molecule is CC(=O)N(CCC(=O)NCCc1ccccc1F)c1ccc(F)cc1F. The Bertz CT molecular complexity index is 796. The van der Waals surface area contributed by atoms with Crippen LogP contribution in [0.15, 0.2) is 42.5 Å². The van der Waals surface area contributed by atoms with Crippen LogP contribution in [0.3, 0.4) is 0 Å². The highest BCUT2D eigenvalue weighted by atomic mass is 19.1. The first-order valence-electron chi connectivity index (χ1n) is 8.11. The van der Waals surface area contributed by atoms with Gasteiger partial charge in [-0.2, -0.15) is 0 Å². The summed E-state index contributed by atoms with van der Waals surface area (Å²) in [6, 6.07) is 9.16. The average Bonchev–Trinajstić information content (AvgIpc) is 2.58. The first-order chi connectivity index (χ1) is 12.4. The summed E-state index contributed by atoms with van der Waals surface area (Å²) in [6.45, 7) is 1.42. The molecule has 2 rings (SSSR count). The molecule has 0 aromatic heterocycles. The van der Waals surface area contributed by atoms with E-state index in [0.29, 0.717) is 18.1 Å². The number of anilines is 1. The molecule has 7 heteroatoms. The van der Waals surface area contributed by atoms with Gasteiger partial charge in [-0.1, -0.05) is 18.2 Å². The van der Waals surface area contributed by atoms with Gasteiger partial charge in [0, 0.05) is 32.5 Å². The normalized spacial score (nSPS) is 10.5. The number of nitrogens with zero attached hydrogens (tertiary/aromatic N) is 1. The van der Waals surface area contributed by atoms with Crippen LogP contribution in [0.1, 0.15) is 18.9 Å². The molecule has 4 nitrogen and oxygen atoms in total. The van der Waals surface area contributed by atoms with Crippen molar-refractivity contribution in [1.82, 2.24) is 5.32 Å². The Labute approximate surface area is 149 Å². The van der Waals surface area contributed by atoms with Crippen LogP contribution < -0.4 is 10.2 Å². The van der Waals surface area contributed by atoms with E-state index in [9.17, 15) is 22.8 Å². The fourth-order valence-corrected chi connectivity index (χ4v) is 2.49. The lowest BCUT2D eigenvalue weighted by Gasteiger charge is -2.21. The van der Waals surface area contributed by atoms with E-state index in [1.807, 2.05) is 0 Å². The van der Waals surface area contributed by atoms with E-state index in [1.165, 1.54) is 13.0 Å². The Hall–Kier alpha value is -2.83. The van der Waals surface area contributed by atoms with Crippen LogP contribution in [-0.2, 0) is 16.0 Å². The van der Waals surface area contributed by atoms with Crippen LogP contribution in [0.25, 0.3) is 0 Å². The fourth-order valence-electron chi connectivity index (χ4n) is 2.49. The number of hydrogen-bond acceptors (Lipinski definition) is 2. The highest BCUT2D eigenvalue weighted by Crippen LogP contribution is 2.20. The van der Waals surface area contributed by atoms with E-state index in [2.05, 4.69) is 5.32 Å². The van der Waals surface area contributed by atoms with Crippen LogP contribution in [-0.4, -0.2) is 24.9 Å². The summed E-state index contributed by atoms with van der Waals surface area (Å²) in [4.78, 5) is 24.7. The maximum atomic E-state index is 13.8. The summed E-state index contributed by atoms with van der Waals surface area (Å²) < 4.78 is 40.3. The maximum absolute atomic E-state index is 13.8. The first kappa shape index (κ1) is 19.5. The molecule has 0 spiro atoms. The second kappa shape index (κ2) is 9.03. The molecular formula is C19H19F3N2O2. The second-order valence-corrected chi connectivity index (χ2v) is 5.71. The van der Waals surface area contributed by atoms with Gasteiger partial charge in [0.05, 0.1) is 5.69 Å². The topological polar surface area (TPSA) is 49.4 Å². The zero-order valence-corrected chi connectivity index (χ0v) is 14.3. The molecule has 0 bridgehead atoms. The van der Waals surface area contributed by atoms with Crippen molar-refractivity contribution < 1.29 is 22.8 Å². The molecule has 0 saturated carbocycles.